The molecule has 0 spiro atoms. The van der Waals surface area contributed by atoms with Gasteiger partial charge in [0.05, 0.1) is 17.1 Å². The maximum absolute atomic E-state index is 12.9. The van der Waals surface area contributed by atoms with Crippen LogP contribution in [0.1, 0.15) is 66.3 Å². The van der Waals surface area contributed by atoms with Crippen molar-refractivity contribution < 1.29 is 9.32 Å². The zero-order valence-corrected chi connectivity index (χ0v) is 14.7. The van der Waals surface area contributed by atoms with E-state index in [1.54, 1.807) is 6.07 Å². The summed E-state index contributed by atoms with van der Waals surface area (Å²) in [6.07, 6.45) is 1.86. The third-order valence-electron chi connectivity index (χ3n) is 4.88. The first-order chi connectivity index (χ1) is 12.0. The van der Waals surface area contributed by atoms with Crippen LogP contribution in [0.5, 0.6) is 0 Å². The molecule has 6 nitrogen and oxygen atoms in total. The molecule has 3 heterocycles. The Morgan fingerprint density at radius 3 is 2.96 bits per heavy atom. The third kappa shape index (κ3) is 2.71. The Hall–Kier alpha value is -2.63. The Morgan fingerprint density at radius 2 is 2.24 bits per heavy atom. The number of aromatic amines is 1. The van der Waals surface area contributed by atoms with Crippen LogP contribution >= 0.6 is 0 Å². The van der Waals surface area contributed by atoms with E-state index >= 15 is 0 Å². The number of hydrogen-bond donors (Lipinski definition) is 1. The fraction of sp³-hybridized carbons (Fsp3) is 0.421. The van der Waals surface area contributed by atoms with E-state index in [0.717, 1.165) is 41.0 Å². The SMILES string of the molecule is Cc1cccc2[nH]c(C3CCCN3C(=O)c3cc(C(C)C)on3)nc12. The van der Waals surface area contributed by atoms with Gasteiger partial charge < -0.3 is 14.4 Å². The molecule has 1 atom stereocenters. The minimum absolute atomic E-state index is 0.0431. The van der Waals surface area contributed by atoms with Crippen molar-refractivity contribution in [3.63, 3.8) is 0 Å². The number of H-pyrrole nitrogens is 1. The predicted molar refractivity (Wildman–Crippen MR) is 94.4 cm³/mol. The number of benzene rings is 1. The Bertz CT molecular complexity index is 925. The van der Waals surface area contributed by atoms with Gasteiger partial charge >= 0.3 is 0 Å². The number of aromatic nitrogens is 3. The van der Waals surface area contributed by atoms with E-state index < -0.39 is 0 Å². The molecule has 0 aliphatic carbocycles. The van der Waals surface area contributed by atoms with Crippen LogP contribution in [0, 0.1) is 6.92 Å². The smallest absolute Gasteiger partial charge is 0.276 e. The summed E-state index contributed by atoms with van der Waals surface area (Å²) in [6, 6.07) is 7.80. The molecule has 3 aromatic rings. The van der Waals surface area contributed by atoms with E-state index in [9.17, 15) is 4.79 Å². The van der Waals surface area contributed by atoms with E-state index in [1.807, 2.05) is 43.9 Å². The first kappa shape index (κ1) is 15.9. The first-order valence-electron chi connectivity index (χ1n) is 8.77. The highest BCUT2D eigenvalue weighted by Crippen LogP contribution is 2.33. The van der Waals surface area contributed by atoms with Crippen molar-refractivity contribution in [3.05, 3.63) is 47.1 Å². The largest absolute Gasteiger partial charge is 0.360 e. The minimum atomic E-state index is -0.0877. The number of aryl methyl sites for hydroxylation is 1. The summed E-state index contributed by atoms with van der Waals surface area (Å²) in [7, 11) is 0. The summed E-state index contributed by atoms with van der Waals surface area (Å²) in [4.78, 5) is 22.9. The van der Waals surface area contributed by atoms with Gasteiger partial charge in [-0.05, 0) is 31.4 Å². The number of nitrogens with zero attached hydrogens (tertiary/aromatic N) is 3. The maximum Gasteiger partial charge on any atom is 0.276 e. The molecule has 1 aliphatic heterocycles. The number of hydrogen-bond acceptors (Lipinski definition) is 4. The average molecular weight is 338 g/mol. The van der Waals surface area contributed by atoms with Crippen molar-refractivity contribution in [3.8, 4) is 0 Å². The average Bonchev–Trinajstić information content (AvgIpc) is 3.32. The summed E-state index contributed by atoms with van der Waals surface area (Å²) in [5.74, 6) is 1.71. The molecule has 6 heteroatoms. The van der Waals surface area contributed by atoms with Gasteiger partial charge in [-0.25, -0.2) is 4.98 Å². The number of carbonyl (C=O) groups excluding carboxylic acids is 1. The van der Waals surface area contributed by atoms with Crippen molar-refractivity contribution in [2.75, 3.05) is 6.54 Å². The van der Waals surface area contributed by atoms with E-state index in [0.29, 0.717) is 12.2 Å². The van der Waals surface area contributed by atoms with Gasteiger partial charge in [-0.15, -0.1) is 0 Å². The predicted octanol–water partition coefficient (Wildman–Crippen LogP) is 3.96. The van der Waals surface area contributed by atoms with Crippen LogP contribution in [0.25, 0.3) is 11.0 Å². The Labute approximate surface area is 146 Å². The zero-order valence-electron chi connectivity index (χ0n) is 14.7. The molecule has 1 unspecified atom stereocenters. The topological polar surface area (TPSA) is 75.0 Å². The highest BCUT2D eigenvalue weighted by atomic mass is 16.5. The van der Waals surface area contributed by atoms with Crippen LogP contribution < -0.4 is 0 Å². The number of amides is 1. The molecule has 1 saturated heterocycles. The number of nitrogens with one attached hydrogen (secondary N) is 1. The molecule has 4 rings (SSSR count). The second-order valence-electron chi connectivity index (χ2n) is 7.02. The van der Waals surface area contributed by atoms with Crippen LogP contribution in [-0.2, 0) is 0 Å². The Balaban J connectivity index is 1.64. The molecule has 1 fully saturated rings. The number of rotatable bonds is 3. The number of para-hydroxylation sites is 1. The number of fused-ring (bicyclic) bond motifs is 1. The molecule has 0 saturated carbocycles. The van der Waals surface area contributed by atoms with Crippen molar-refractivity contribution in [1.82, 2.24) is 20.0 Å². The van der Waals surface area contributed by atoms with Crippen molar-refractivity contribution in [2.45, 2.75) is 45.6 Å². The van der Waals surface area contributed by atoms with Crippen LogP contribution in [0.2, 0.25) is 0 Å². The normalized spacial score (nSPS) is 17.8. The van der Waals surface area contributed by atoms with Gasteiger partial charge in [0, 0.05) is 18.5 Å². The monoisotopic (exact) mass is 338 g/mol. The molecule has 1 aliphatic rings. The second kappa shape index (κ2) is 6.02. The second-order valence-corrected chi connectivity index (χ2v) is 7.02. The lowest BCUT2D eigenvalue weighted by molar-refractivity contribution is 0.0720. The molecular formula is C19H22N4O2. The molecule has 1 N–H and O–H groups in total. The summed E-state index contributed by atoms with van der Waals surface area (Å²) < 4.78 is 5.29. The van der Waals surface area contributed by atoms with Gasteiger partial charge in [0.2, 0.25) is 0 Å². The number of imidazole rings is 1. The lowest BCUT2D eigenvalue weighted by atomic mass is 10.1. The quantitative estimate of drug-likeness (QED) is 0.784. The van der Waals surface area contributed by atoms with Gasteiger partial charge in [0.15, 0.2) is 5.69 Å². The zero-order chi connectivity index (χ0) is 17.6. The van der Waals surface area contributed by atoms with Crippen LogP contribution in [0.15, 0.2) is 28.8 Å². The lowest BCUT2D eigenvalue weighted by Crippen LogP contribution is -2.31. The Kier molecular flexibility index (Phi) is 3.82. The standard InChI is InChI=1S/C19H22N4O2/c1-11(2)16-10-14(22-25-16)19(24)23-9-5-8-15(23)18-20-13-7-4-6-12(3)17(13)21-18/h4,6-7,10-11,15H,5,8-9H2,1-3H3,(H,20,21). The molecule has 2 aromatic heterocycles. The highest BCUT2D eigenvalue weighted by molar-refractivity contribution is 5.92. The summed E-state index contributed by atoms with van der Waals surface area (Å²) in [5.41, 5.74) is 3.50. The summed E-state index contributed by atoms with van der Waals surface area (Å²) >= 11 is 0. The van der Waals surface area contributed by atoms with Gasteiger partial charge in [-0.3, -0.25) is 4.79 Å². The fourth-order valence-electron chi connectivity index (χ4n) is 3.46. The molecule has 1 amide bonds. The molecular weight excluding hydrogens is 316 g/mol. The third-order valence-corrected chi connectivity index (χ3v) is 4.88. The number of carbonyl (C=O) groups is 1. The van der Waals surface area contributed by atoms with Gasteiger partial charge in [0.1, 0.15) is 11.6 Å². The minimum Gasteiger partial charge on any atom is -0.360 e. The number of likely N-dealkylation sites (tertiary alicyclic amines) is 1. The van der Waals surface area contributed by atoms with Crippen LogP contribution in [0.3, 0.4) is 0 Å². The maximum atomic E-state index is 12.9. The fourth-order valence-corrected chi connectivity index (χ4v) is 3.46. The molecule has 130 valence electrons. The first-order valence-corrected chi connectivity index (χ1v) is 8.77. The molecule has 0 bridgehead atoms. The molecule has 0 radical (unpaired) electrons. The van der Waals surface area contributed by atoms with Crippen LogP contribution in [0.4, 0.5) is 0 Å². The van der Waals surface area contributed by atoms with E-state index in [2.05, 4.69) is 10.1 Å². The van der Waals surface area contributed by atoms with Crippen LogP contribution in [-0.4, -0.2) is 32.5 Å². The molecule has 25 heavy (non-hydrogen) atoms. The van der Waals surface area contributed by atoms with Gasteiger partial charge in [0.25, 0.3) is 5.91 Å². The van der Waals surface area contributed by atoms with E-state index in [1.165, 1.54) is 0 Å². The molecule has 1 aromatic carbocycles. The van der Waals surface area contributed by atoms with E-state index in [-0.39, 0.29) is 17.9 Å². The van der Waals surface area contributed by atoms with E-state index in [4.69, 9.17) is 9.51 Å². The summed E-state index contributed by atoms with van der Waals surface area (Å²) in [5, 5.41) is 3.97. The van der Waals surface area contributed by atoms with Crippen molar-refractivity contribution in [1.29, 1.82) is 0 Å². The summed E-state index contributed by atoms with van der Waals surface area (Å²) in [6.45, 7) is 6.80. The highest BCUT2D eigenvalue weighted by Gasteiger charge is 2.34. The Morgan fingerprint density at radius 1 is 1.40 bits per heavy atom. The van der Waals surface area contributed by atoms with Gasteiger partial charge in [-0.2, -0.15) is 0 Å². The van der Waals surface area contributed by atoms with Crippen molar-refractivity contribution >= 4 is 16.9 Å². The van der Waals surface area contributed by atoms with Crippen molar-refractivity contribution in [2.24, 2.45) is 0 Å². The van der Waals surface area contributed by atoms with Gasteiger partial charge in [-0.1, -0.05) is 31.1 Å². The lowest BCUT2D eigenvalue weighted by Gasteiger charge is -2.21.